The van der Waals surface area contributed by atoms with Crippen LogP contribution in [0, 0.1) is 11.3 Å². The zero-order valence-electron chi connectivity index (χ0n) is 27.3. The molecule has 0 unspecified atom stereocenters. The predicted octanol–water partition coefficient (Wildman–Crippen LogP) is 3.45. The van der Waals surface area contributed by atoms with E-state index in [0.29, 0.717) is 40.6 Å². The molecular formula is C32H37F3N7O6+. The molecule has 0 bridgehead atoms. The van der Waals surface area contributed by atoms with Crippen LogP contribution in [-0.2, 0) is 31.7 Å². The normalized spacial score (nSPS) is 14.3. The summed E-state index contributed by atoms with van der Waals surface area (Å²) in [5, 5.41) is 23.1. The number of aromatic amines is 1. The van der Waals surface area contributed by atoms with Crippen molar-refractivity contribution in [3.63, 3.8) is 0 Å². The van der Waals surface area contributed by atoms with Gasteiger partial charge >= 0.3 is 17.8 Å². The Bertz CT molecular complexity index is 1800. The topological polar surface area (TPSA) is 162 Å². The van der Waals surface area contributed by atoms with Gasteiger partial charge in [-0.15, -0.1) is 5.10 Å². The van der Waals surface area contributed by atoms with Crippen LogP contribution < -0.4 is 10.6 Å². The van der Waals surface area contributed by atoms with Gasteiger partial charge in [-0.3, -0.25) is 14.5 Å². The number of H-pyrrole nitrogens is 1. The van der Waals surface area contributed by atoms with Gasteiger partial charge in [-0.2, -0.15) is 18.4 Å². The lowest BCUT2D eigenvalue weighted by atomic mass is 9.88. The van der Waals surface area contributed by atoms with Crippen LogP contribution in [0.5, 0.6) is 0 Å². The molecule has 2 N–H and O–H groups in total. The summed E-state index contributed by atoms with van der Waals surface area (Å²) in [6.07, 6.45) is -3.60. The van der Waals surface area contributed by atoms with Gasteiger partial charge < -0.3 is 19.2 Å². The number of halogens is 3. The number of aryl methyl sites for hydroxylation is 1. The smallest absolute Gasteiger partial charge is 0.416 e. The van der Waals surface area contributed by atoms with Crippen molar-refractivity contribution in [1.82, 2.24) is 19.7 Å². The van der Waals surface area contributed by atoms with Crippen LogP contribution in [0.1, 0.15) is 41.6 Å². The molecule has 0 saturated heterocycles. The Hall–Kier alpha value is -5.43. The standard InChI is InChI=1S/C31H34F3N7O4.CH2O2/c1-19-26(28(43)45-6)27(40-29(36-37-30(40)44)39(19)23-11-7-10-22(16-23)31(32,33)34)24-13-12-20(17-35)15-21(24)9-8-14-41(4,5)18-25(42)38(2)3;2-1-3/h7,10-13,15-16,27H,8-9,14,18H2,1-6H3;1H,(H,2,3)/p+1/t27-;/m1./s1. The number of allylic oxidation sites excluding steroid dienone is 1. The molecule has 16 heteroatoms. The van der Waals surface area contributed by atoms with Gasteiger partial charge in [-0.1, -0.05) is 12.1 Å². The molecule has 1 atom stereocenters. The van der Waals surface area contributed by atoms with E-state index in [2.05, 4.69) is 16.3 Å². The molecule has 48 heavy (non-hydrogen) atoms. The third-order valence-corrected chi connectivity index (χ3v) is 7.82. The van der Waals surface area contributed by atoms with E-state index in [1.807, 2.05) is 14.1 Å². The van der Waals surface area contributed by atoms with E-state index in [4.69, 9.17) is 14.6 Å². The number of carbonyl (C=O) groups is 3. The number of quaternary nitrogens is 1. The molecule has 13 nitrogen and oxygen atoms in total. The number of hydrogen-bond donors (Lipinski definition) is 2. The second-order valence-electron chi connectivity index (χ2n) is 11.8. The number of hydrogen-bond acceptors (Lipinski definition) is 8. The molecule has 0 spiro atoms. The lowest BCUT2D eigenvalue weighted by Crippen LogP contribution is -2.47. The molecule has 1 aromatic heterocycles. The highest BCUT2D eigenvalue weighted by Gasteiger charge is 2.41. The summed E-state index contributed by atoms with van der Waals surface area (Å²) in [7, 11) is 8.45. The van der Waals surface area contributed by atoms with Crippen molar-refractivity contribution in [2.45, 2.75) is 32.0 Å². The Morgan fingerprint density at radius 2 is 1.88 bits per heavy atom. The summed E-state index contributed by atoms with van der Waals surface area (Å²) in [6, 6.07) is 10.5. The second-order valence-corrected chi connectivity index (χ2v) is 11.8. The number of esters is 1. The van der Waals surface area contributed by atoms with Gasteiger partial charge in [0.2, 0.25) is 5.95 Å². The summed E-state index contributed by atoms with van der Waals surface area (Å²) in [6.45, 7) is 2.20. The lowest BCUT2D eigenvalue weighted by Gasteiger charge is -2.36. The highest BCUT2D eigenvalue weighted by atomic mass is 19.4. The van der Waals surface area contributed by atoms with E-state index < -0.39 is 29.4 Å². The Labute approximate surface area is 274 Å². The first-order chi connectivity index (χ1) is 22.5. The average molecular weight is 673 g/mol. The quantitative estimate of drug-likeness (QED) is 0.197. The summed E-state index contributed by atoms with van der Waals surface area (Å²) in [5.74, 6) is -0.830. The molecule has 1 aliphatic heterocycles. The summed E-state index contributed by atoms with van der Waals surface area (Å²) >= 11 is 0. The number of methoxy groups -OCH3 is 1. The summed E-state index contributed by atoms with van der Waals surface area (Å²) in [4.78, 5) is 50.3. The predicted molar refractivity (Wildman–Crippen MR) is 168 cm³/mol. The van der Waals surface area contributed by atoms with E-state index in [9.17, 15) is 32.8 Å². The number of anilines is 2. The molecule has 1 amide bonds. The number of aromatic nitrogens is 3. The largest absolute Gasteiger partial charge is 0.483 e. The number of nitrogens with zero attached hydrogens (tertiary/aromatic N) is 6. The zero-order chi connectivity index (χ0) is 36.0. The number of fused-ring (bicyclic) bond motifs is 1. The molecular weight excluding hydrogens is 635 g/mol. The number of alkyl halides is 3. The van der Waals surface area contributed by atoms with Crippen LogP contribution in [-0.4, -0.2) is 96.0 Å². The number of nitrogens with one attached hydrogen (secondary N) is 1. The number of nitriles is 1. The number of amides is 1. The number of ether oxygens (including phenoxy) is 1. The maximum absolute atomic E-state index is 13.6. The van der Waals surface area contributed by atoms with Gasteiger partial charge in [-0.25, -0.2) is 19.3 Å². The van der Waals surface area contributed by atoms with Crippen LogP contribution in [0.2, 0.25) is 0 Å². The van der Waals surface area contributed by atoms with E-state index in [0.717, 1.165) is 12.1 Å². The number of rotatable bonds is 9. The second kappa shape index (κ2) is 15.0. The third kappa shape index (κ3) is 8.10. The highest BCUT2D eigenvalue weighted by Crippen LogP contribution is 2.43. The molecule has 3 aromatic rings. The van der Waals surface area contributed by atoms with Crippen molar-refractivity contribution in [3.8, 4) is 6.07 Å². The minimum absolute atomic E-state index is 0.0181. The lowest BCUT2D eigenvalue weighted by molar-refractivity contribution is -0.882. The van der Waals surface area contributed by atoms with Crippen LogP contribution in [0.3, 0.4) is 0 Å². The minimum atomic E-state index is -4.63. The Kier molecular flexibility index (Phi) is 11.6. The Balaban J connectivity index is 0.00000201. The molecule has 0 saturated carbocycles. The third-order valence-electron chi connectivity index (χ3n) is 7.82. The zero-order valence-corrected chi connectivity index (χ0v) is 27.3. The van der Waals surface area contributed by atoms with Gasteiger partial charge in [0, 0.05) is 31.9 Å². The van der Waals surface area contributed by atoms with Crippen LogP contribution in [0.4, 0.5) is 24.8 Å². The van der Waals surface area contributed by atoms with Crippen LogP contribution in [0.25, 0.3) is 0 Å². The fraction of sp³-hybridized carbons (Fsp3) is 0.375. The van der Waals surface area contributed by atoms with Crippen molar-refractivity contribution in [2.75, 3.05) is 53.3 Å². The Morgan fingerprint density at radius 3 is 2.46 bits per heavy atom. The molecule has 0 fully saturated rings. The average Bonchev–Trinajstić information content (AvgIpc) is 3.40. The maximum Gasteiger partial charge on any atom is 0.416 e. The molecule has 1 aliphatic rings. The van der Waals surface area contributed by atoms with Crippen molar-refractivity contribution in [1.29, 1.82) is 5.26 Å². The van der Waals surface area contributed by atoms with Gasteiger partial charge in [0.05, 0.1) is 50.5 Å². The van der Waals surface area contributed by atoms with Gasteiger partial charge in [0.15, 0.2) is 6.54 Å². The van der Waals surface area contributed by atoms with E-state index in [1.165, 1.54) is 33.6 Å². The SMILES string of the molecule is COC(=O)C1=C(C)N(c2cccc(C(F)(F)F)c2)c2n[nH]c(=O)n2[C@@H]1c1ccc(C#N)cc1CCC[N+](C)(C)CC(=O)N(C)C.O=CO. The molecule has 0 aliphatic carbocycles. The van der Waals surface area contributed by atoms with Crippen LogP contribution >= 0.6 is 0 Å². The Morgan fingerprint density at radius 1 is 1.21 bits per heavy atom. The molecule has 0 radical (unpaired) electrons. The van der Waals surface area contributed by atoms with E-state index in [1.54, 1.807) is 39.2 Å². The molecule has 2 heterocycles. The van der Waals surface area contributed by atoms with E-state index >= 15 is 0 Å². The van der Waals surface area contributed by atoms with Crippen molar-refractivity contribution in [3.05, 3.63) is 86.5 Å². The maximum atomic E-state index is 13.6. The van der Waals surface area contributed by atoms with Crippen molar-refractivity contribution < 1.29 is 41.9 Å². The molecule has 256 valence electrons. The molecule has 4 rings (SSSR count). The monoisotopic (exact) mass is 672 g/mol. The summed E-state index contributed by atoms with van der Waals surface area (Å²) in [5.41, 5.74) is 0.229. The van der Waals surface area contributed by atoms with Gasteiger partial charge in [-0.05, 0) is 54.8 Å². The van der Waals surface area contributed by atoms with Crippen molar-refractivity contribution >= 4 is 30.0 Å². The first-order valence-electron chi connectivity index (χ1n) is 14.6. The number of likely N-dealkylation sites (N-methyl/N-ethyl adjacent to an activating group) is 2. The first-order valence-corrected chi connectivity index (χ1v) is 14.6. The van der Waals surface area contributed by atoms with Crippen LogP contribution in [0.15, 0.2) is 58.5 Å². The first kappa shape index (κ1) is 37.0. The minimum Gasteiger partial charge on any atom is -0.483 e. The van der Waals surface area contributed by atoms with Gasteiger partial charge in [0.1, 0.15) is 6.04 Å². The number of carboxylic acid groups (broad SMARTS) is 1. The fourth-order valence-electron chi connectivity index (χ4n) is 5.52. The molecule has 2 aromatic carbocycles. The van der Waals surface area contributed by atoms with E-state index in [-0.39, 0.29) is 41.8 Å². The fourth-order valence-corrected chi connectivity index (χ4v) is 5.52. The summed E-state index contributed by atoms with van der Waals surface area (Å²) < 4.78 is 47.6. The highest BCUT2D eigenvalue weighted by molar-refractivity contribution is 5.93. The van der Waals surface area contributed by atoms with Crippen molar-refractivity contribution in [2.24, 2.45) is 0 Å². The van der Waals surface area contributed by atoms with Gasteiger partial charge in [0.25, 0.3) is 12.4 Å². The number of benzene rings is 2. The number of carbonyl (C=O) groups excluding carboxylic acids is 2.